The lowest BCUT2D eigenvalue weighted by molar-refractivity contribution is 0.102. The van der Waals surface area contributed by atoms with Crippen molar-refractivity contribution in [1.82, 2.24) is 0 Å². The zero-order valence-corrected chi connectivity index (χ0v) is 11.6. The highest BCUT2D eigenvalue weighted by atomic mass is 16.5. The summed E-state index contributed by atoms with van der Waals surface area (Å²) in [5.74, 6) is 0.570. The third-order valence-electron chi connectivity index (χ3n) is 2.93. The smallest absolute Gasteiger partial charge is 0.255 e. The van der Waals surface area contributed by atoms with Gasteiger partial charge in [0.05, 0.1) is 6.61 Å². The lowest BCUT2D eigenvalue weighted by Crippen LogP contribution is -2.12. The maximum atomic E-state index is 12.2. The first kappa shape index (κ1) is 13.9. The number of benzene rings is 2. The SMILES string of the molecule is CCOc1cccc(NC(=O)c2ccc(N)c(C)c2)c1. The topological polar surface area (TPSA) is 64.3 Å². The van der Waals surface area contributed by atoms with Gasteiger partial charge in [0.2, 0.25) is 0 Å². The van der Waals surface area contributed by atoms with Crippen molar-refractivity contribution in [1.29, 1.82) is 0 Å². The average molecular weight is 270 g/mol. The molecule has 0 aliphatic rings. The summed E-state index contributed by atoms with van der Waals surface area (Å²) >= 11 is 0. The highest BCUT2D eigenvalue weighted by molar-refractivity contribution is 6.04. The van der Waals surface area contributed by atoms with Gasteiger partial charge in [-0.25, -0.2) is 0 Å². The van der Waals surface area contributed by atoms with Crippen LogP contribution in [0.4, 0.5) is 11.4 Å². The van der Waals surface area contributed by atoms with Crippen molar-refractivity contribution in [3.63, 3.8) is 0 Å². The van der Waals surface area contributed by atoms with Crippen molar-refractivity contribution in [3.8, 4) is 5.75 Å². The van der Waals surface area contributed by atoms with Crippen LogP contribution in [-0.4, -0.2) is 12.5 Å². The first-order chi connectivity index (χ1) is 9.60. The van der Waals surface area contributed by atoms with Crippen molar-refractivity contribution >= 4 is 17.3 Å². The lowest BCUT2D eigenvalue weighted by atomic mass is 10.1. The molecule has 0 spiro atoms. The Kier molecular flexibility index (Phi) is 4.25. The van der Waals surface area contributed by atoms with Gasteiger partial charge in [0.15, 0.2) is 0 Å². The van der Waals surface area contributed by atoms with Crippen molar-refractivity contribution in [2.24, 2.45) is 0 Å². The van der Waals surface area contributed by atoms with Crippen LogP contribution in [0.15, 0.2) is 42.5 Å². The molecule has 0 aromatic heterocycles. The van der Waals surface area contributed by atoms with Crippen molar-refractivity contribution in [2.45, 2.75) is 13.8 Å². The molecule has 0 aliphatic heterocycles. The Morgan fingerprint density at radius 2 is 2.05 bits per heavy atom. The molecule has 0 unspecified atom stereocenters. The van der Waals surface area contributed by atoms with Gasteiger partial charge in [-0.15, -0.1) is 0 Å². The van der Waals surface area contributed by atoms with Crippen molar-refractivity contribution in [3.05, 3.63) is 53.6 Å². The molecular weight excluding hydrogens is 252 g/mol. The number of ether oxygens (including phenoxy) is 1. The van der Waals surface area contributed by atoms with E-state index in [0.29, 0.717) is 23.5 Å². The maximum Gasteiger partial charge on any atom is 0.255 e. The Hall–Kier alpha value is -2.49. The number of hydrogen-bond acceptors (Lipinski definition) is 3. The summed E-state index contributed by atoms with van der Waals surface area (Å²) in [6.07, 6.45) is 0. The quantitative estimate of drug-likeness (QED) is 0.838. The van der Waals surface area contributed by atoms with Gasteiger partial charge < -0.3 is 15.8 Å². The second-order valence-electron chi connectivity index (χ2n) is 4.49. The van der Waals surface area contributed by atoms with E-state index in [2.05, 4.69) is 5.32 Å². The molecule has 4 heteroatoms. The van der Waals surface area contributed by atoms with Crippen molar-refractivity contribution < 1.29 is 9.53 Å². The number of nitrogen functional groups attached to an aromatic ring is 1. The van der Waals surface area contributed by atoms with Crippen molar-refractivity contribution in [2.75, 3.05) is 17.7 Å². The molecule has 0 aliphatic carbocycles. The molecule has 0 bridgehead atoms. The number of rotatable bonds is 4. The number of hydrogen-bond donors (Lipinski definition) is 2. The van der Waals surface area contributed by atoms with Crippen LogP contribution in [0.25, 0.3) is 0 Å². The second kappa shape index (κ2) is 6.10. The van der Waals surface area contributed by atoms with Crippen LogP contribution in [-0.2, 0) is 0 Å². The van der Waals surface area contributed by atoms with Crippen LogP contribution in [0.1, 0.15) is 22.8 Å². The number of amides is 1. The van der Waals surface area contributed by atoms with Gasteiger partial charge in [0, 0.05) is 23.0 Å². The molecule has 2 aromatic carbocycles. The molecule has 20 heavy (non-hydrogen) atoms. The zero-order chi connectivity index (χ0) is 14.5. The fourth-order valence-electron chi connectivity index (χ4n) is 1.85. The summed E-state index contributed by atoms with van der Waals surface area (Å²) in [7, 11) is 0. The molecule has 104 valence electrons. The average Bonchev–Trinajstić information content (AvgIpc) is 2.42. The number of anilines is 2. The van der Waals surface area contributed by atoms with Gasteiger partial charge in [-0.3, -0.25) is 4.79 Å². The van der Waals surface area contributed by atoms with E-state index in [1.165, 1.54) is 0 Å². The predicted molar refractivity (Wildman–Crippen MR) is 81.2 cm³/mol. The maximum absolute atomic E-state index is 12.2. The first-order valence-electron chi connectivity index (χ1n) is 6.50. The van der Waals surface area contributed by atoms with Crippen LogP contribution in [0.3, 0.4) is 0 Å². The number of aryl methyl sites for hydroxylation is 1. The second-order valence-corrected chi connectivity index (χ2v) is 4.49. The lowest BCUT2D eigenvalue weighted by Gasteiger charge is -2.09. The Morgan fingerprint density at radius 3 is 2.75 bits per heavy atom. The van der Waals surface area contributed by atoms with Crippen LogP contribution >= 0.6 is 0 Å². The normalized spacial score (nSPS) is 10.1. The number of nitrogens with two attached hydrogens (primary N) is 1. The van der Waals surface area contributed by atoms with E-state index >= 15 is 0 Å². The van der Waals surface area contributed by atoms with Gasteiger partial charge in [0.25, 0.3) is 5.91 Å². The van der Waals surface area contributed by atoms with Crippen LogP contribution in [0.2, 0.25) is 0 Å². The zero-order valence-electron chi connectivity index (χ0n) is 11.6. The third-order valence-corrected chi connectivity index (χ3v) is 2.93. The molecule has 3 N–H and O–H groups in total. The standard InChI is InChI=1S/C16H18N2O2/c1-3-20-14-6-4-5-13(10-14)18-16(19)12-7-8-15(17)11(2)9-12/h4-10H,3,17H2,1-2H3,(H,18,19). The van der Waals surface area contributed by atoms with Gasteiger partial charge in [-0.05, 0) is 49.7 Å². The molecule has 0 atom stereocenters. The third kappa shape index (κ3) is 3.29. The summed E-state index contributed by atoms with van der Waals surface area (Å²) < 4.78 is 5.40. The number of nitrogens with one attached hydrogen (secondary N) is 1. The Bertz CT molecular complexity index is 624. The van der Waals surface area contributed by atoms with E-state index in [4.69, 9.17) is 10.5 Å². The monoisotopic (exact) mass is 270 g/mol. The molecule has 2 rings (SSSR count). The van der Waals surface area contributed by atoms with E-state index in [-0.39, 0.29) is 5.91 Å². The molecular formula is C16H18N2O2. The molecule has 0 heterocycles. The first-order valence-corrected chi connectivity index (χ1v) is 6.50. The summed E-state index contributed by atoms with van der Waals surface area (Å²) in [5.41, 5.74) is 8.60. The molecule has 0 saturated carbocycles. The van der Waals surface area contributed by atoms with E-state index < -0.39 is 0 Å². The Morgan fingerprint density at radius 1 is 1.25 bits per heavy atom. The largest absolute Gasteiger partial charge is 0.494 e. The predicted octanol–water partition coefficient (Wildman–Crippen LogP) is 3.23. The van der Waals surface area contributed by atoms with E-state index in [1.807, 2.05) is 32.0 Å². The fourth-order valence-corrected chi connectivity index (χ4v) is 1.85. The van der Waals surface area contributed by atoms with Crippen LogP contribution in [0.5, 0.6) is 5.75 Å². The number of carbonyl (C=O) groups excluding carboxylic acids is 1. The summed E-state index contributed by atoms with van der Waals surface area (Å²) in [6.45, 7) is 4.39. The van der Waals surface area contributed by atoms with Gasteiger partial charge in [0.1, 0.15) is 5.75 Å². The Labute approximate surface area is 118 Å². The highest BCUT2D eigenvalue weighted by Crippen LogP contribution is 2.19. The molecule has 1 amide bonds. The van der Waals surface area contributed by atoms with E-state index in [9.17, 15) is 4.79 Å². The highest BCUT2D eigenvalue weighted by Gasteiger charge is 2.07. The Balaban J connectivity index is 2.14. The molecule has 0 fully saturated rings. The van der Waals surface area contributed by atoms with Crippen LogP contribution < -0.4 is 15.8 Å². The number of carbonyl (C=O) groups is 1. The minimum atomic E-state index is -0.165. The minimum Gasteiger partial charge on any atom is -0.494 e. The molecule has 0 radical (unpaired) electrons. The summed E-state index contributed by atoms with van der Waals surface area (Å²) in [5, 5.41) is 2.84. The summed E-state index contributed by atoms with van der Waals surface area (Å²) in [4.78, 5) is 12.2. The van der Waals surface area contributed by atoms with Gasteiger partial charge in [-0.1, -0.05) is 6.07 Å². The van der Waals surface area contributed by atoms with Gasteiger partial charge >= 0.3 is 0 Å². The van der Waals surface area contributed by atoms with E-state index in [1.54, 1.807) is 24.3 Å². The van der Waals surface area contributed by atoms with E-state index in [0.717, 1.165) is 11.3 Å². The molecule has 2 aromatic rings. The fraction of sp³-hybridized carbons (Fsp3) is 0.188. The minimum absolute atomic E-state index is 0.165. The van der Waals surface area contributed by atoms with Crippen LogP contribution in [0, 0.1) is 6.92 Å². The summed E-state index contributed by atoms with van der Waals surface area (Å²) in [6, 6.07) is 12.5. The molecule has 4 nitrogen and oxygen atoms in total. The van der Waals surface area contributed by atoms with Gasteiger partial charge in [-0.2, -0.15) is 0 Å². The molecule has 0 saturated heterocycles.